The monoisotopic (exact) mass is 369 g/mol. The van der Waals surface area contributed by atoms with Gasteiger partial charge in [0.05, 0.1) is 38.6 Å². The van der Waals surface area contributed by atoms with E-state index >= 15 is 0 Å². The summed E-state index contributed by atoms with van der Waals surface area (Å²) < 4.78 is 17.4. The van der Waals surface area contributed by atoms with Gasteiger partial charge in [0.25, 0.3) is 5.91 Å². The number of benzene rings is 2. The smallest absolute Gasteiger partial charge is 0.261 e. The molecule has 9 heteroatoms. The number of aromatic nitrogens is 3. The number of hydrazone groups is 1. The number of fused-ring (bicyclic) bond motifs is 1. The molecular formula is C18H19N5O4. The summed E-state index contributed by atoms with van der Waals surface area (Å²) in [6, 6.07) is 10.8. The number of rotatable bonds is 7. The van der Waals surface area contributed by atoms with E-state index in [2.05, 4.69) is 20.8 Å². The Balaban J connectivity index is 1.72. The van der Waals surface area contributed by atoms with Crippen LogP contribution in [0.3, 0.4) is 0 Å². The van der Waals surface area contributed by atoms with E-state index in [0.717, 1.165) is 11.0 Å². The highest BCUT2D eigenvalue weighted by molar-refractivity contribution is 5.89. The highest BCUT2D eigenvalue weighted by Crippen LogP contribution is 2.32. The predicted octanol–water partition coefficient (Wildman–Crippen LogP) is 1.61. The molecule has 0 saturated carbocycles. The molecule has 0 radical (unpaired) electrons. The van der Waals surface area contributed by atoms with Gasteiger partial charge >= 0.3 is 0 Å². The first kappa shape index (κ1) is 18.2. The molecule has 0 aliphatic carbocycles. The topological polar surface area (TPSA) is 99.9 Å². The molecule has 0 bridgehead atoms. The van der Waals surface area contributed by atoms with Crippen LogP contribution in [0, 0.1) is 0 Å². The van der Waals surface area contributed by atoms with E-state index in [1.165, 1.54) is 25.1 Å². The molecule has 3 aromatic rings. The van der Waals surface area contributed by atoms with Crippen LogP contribution in [0.2, 0.25) is 0 Å². The Morgan fingerprint density at radius 1 is 1.15 bits per heavy atom. The van der Waals surface area contributed by atoms with Crippen LogP contribution in [0.5, 0.6) is 17.2 Å². The number of hydrogen-bond donors (Lipinski definition) is 1. The Morgan fingerprint density at radius 2 is 1.85 bits per heavy atom. The average molecular weight is 369 g/mol. The molecule has 140 valence electrons. The summed E-state index contributed by atoms with van der Waals surface area (Å²) in [6.45, 7) is -0.00522. The SMILES string of the molecule is COc1cc(OC)c(/C=N\NC(=O)Cn2nnc3ccccc32)c(OC)c1. The summed E-state index contributed by atoms with van der Waals surface area (Å²) in [5, 5.41) is 12.0. The van der Waals surface area contributed by atoms with Crippen molar-refractivity contribution in [2.75, 3.05) is 21.3 Å². The summed E-state index contributed by atoms with van der Waals surface area (Å²) in [4.78, 5) is 12.2. The molecule has 0 atom stereocenters. The van der Waals surface area contributed by atoms with Crippen molar-refractivity contribution in [3.05, 3.63) is 42.0 Å². The summed E-state index contributed by atoms with van der Waals surface area (Å²) in [6.07, 6.45) is 1.45. The molecule has 1 amide bonds. The Morgan fingerprint density at radius 3 is 2.52 bits per heavy atom. The molecule has 0 aliphatic rings. The van der Waals surface area contributed by atoms with Gasteiger partial charge in [0.2, 0.25) is 0 Å². The van der Waals surface area contributed by atoms with Crippen molar-refractivity contribution in [1.29, 1.82) is 0 Å². The van der Waals surface area contributed by atoms with Crippen LogP contribution in [0.4, 0.5) is 0 Å². The van der Waals surface area contributed by atoms with Crippen molar-refractivity contribution >= 4 is 23.2 Å². The first-order valence-corrected chi connectivity index (χ1v) is 8.06. The van der Waals surface area contributed by atoms with Crippen LogP contribution in [-0.4, -0.2) is 48.4 Å². The summed E-state index contributed by atoms with van der Waals surface area (Å²) in [5.41, 5.74) is 4.54. The number of nitrogens with one attached hydrogen (secondary N) is 1. The lowest BCUT2D eigenvalue weighted by molar-refractivity contribution is -0.121. The first-order valence-electron chi connectivity index (χ1n) is 8.06. The van der Waals surface area contributed by atoms with Crippen LogP contribution in [0.15, 0.2) is 41.5 Å². The zero-order valence-electron chi connectivity index (χ0n) is 15.2. The minimum Gasteiger partial charge on any atom is -0.496 e. The predicted molar refractivity (Wildman–Crippen MR) is 99.4 cm³/mol. The minimum atomic E-state index is -0.339. The lowest BCUT2D eigenvalue weighted by atomic mass is 10.2. The second kappa shape index (κ2) is 8.17. The Kier molecular flexibility index (Phi) is 5.50. The minimum absolute atomic E-state index is 0.00522. The molecule has 1 aromatic heterocycles. The van der Waals surface area contributed by atoms with Crippen LogP contribution in [-0.2, 0) is 11.3 Å². The Bertz CT molecular complexity index is 958. The van der Waals surface area contributed by atoms with Gasteiger partial charge in [-0.15, -0.1) is 5.10 Å². The van der Waals surface area contributed by atoms with Gasteiger partial charge in [-0.3, -0.25) is 4.79 Å². The molecule has 0 aliphatic heterocycles. The fourth-order valence-corrected chi connectivity index (χ4v) is 2.53. The van der Waals surface area contributed by atoms with Gasteiger partial charge in [-0.1, -0.05) is 17.3 Å². The quantitative estimate of drug-likeness (QED) is 0.502. The van der Waals surface area contributed by atoms with E-state index in [4.69, 9.17) is 14.2 Å². The fourth-order valence-electron chi connectivity index (χ4n) is 2.53. The van der Waals surface area contributed by atoms with Gasteiger partial charge in [-0.05, 0) is 12.1 Å². The maximum Gasteiger partial charge on any atom is 0.261 e. The number of nitrogens with zero attached hydrogens (tertiary/aromatic N) is 4. The lowest BCUT2D eigenvalue weighted by Gasteiger charge is -2.12. The molecule has 0 saturated heterocycles. The van der Waals surface area contributed by atoms with Gasteiger partial charge in [-0.2, -0.15) is 5.10 Å². The molecule has 0 spiro atoms. The number of ether oxygens (including phenoxy) is 3. The standard InChI is InChI=1S/C18H19N5O4/c1-25-12-8-16(26-2)13(17(9-12)27-3)10-19-21-18(24)11-23-15-7-5-4-6-14(15)20-22-23/h4-10H,11H2,1-3H3,(H,21,24)/b19-10-. The van der Waals surface area contributed by atoms with Crippen LogP contribution in [0.1, 0.15) is 5.56 Å². The van der Waals surface area contributed by atoms with Gasteiger partial charge in [0.15, 0.2) is 0 Å². The number of para-hydroxylation sites is 1. The lowest BCUT2D eigenvalue weighted by Crippen LogP contribution is -2.23. The molecule has 3 rings (SSSR count). The Hall–Kier alpha value is -3.62. The molecule has 9 nitrogen and oxygen atoms in total. The number of carbonyl (C=O) groups is 1. The van der Waals surface area contributed by atoms with E-state index in [0.29, 0.717) is 22.8 Å². The molecule has 2 aromatic carbocycles. The van der Waals surface area contributed by atoms with Gasteiger partial charge < -0.3 is 14.2 Å². The number of hydrogen-bond acceptors (Lipinski definition) is 7. The molecule has 1 N–H and O–H groups in total. The third-order valence-corrected chi connectivity index (χ3v) is 3.85. The van der Waals surface area contributed by atoms with Crippen LogP contribution in [0.25, 0.3) is 11.0 Å². The van der Waals surface area contributed by atoms with Crippen molar-refractivity contribution in [3.8, 4) is 17.2 Å². The number of carbonyl (C=O) groups excluding carboxylic acids is 1. The van der Waals surface area contributed by atoms with Crippen molar-refractivity contribution in [2.45, 2.75) is 6.54 Å². The van der Waals surface area contributed by atoms with Crippen molar-refractivity contribution in [2.24, 2.45) is 5.10 Å². The van der Waals surface area contributed by atoms with Crippen molar-refractivity contribution in [1.82, 2.24) is 20.4 Å². The van der Waals surface area contributed by atoms with Crippen molar-refractivity contribution in [3.63, 3.8) is 0 Å². The zero-order chi connectivity index (χ0) is 19.2. The molecular weight excluding hydrogens is 350 g/mol. The van der Waals surface area contributed by atoms with E-state index in [-0.39, 0.29) is 12.5 Å². The third kappa shape index (κ3) is 3.97. The van der Waals surface area contributed by atoms with Gasteiger partial charge in [0, 0.05) is 12.1 Å². The summed E-state index contributed by atoms with van der Waals surface area (Å²) >= 11 is 0. The summed E-state index contributed by atoms with van der Waals surface area (Å²) in [5.74, 6) is 1.26. The number of methoxy groups -OCH3 is 3. The molecule has 27 heavy (non-hydrogen) atoms. The van der Waals surface area contributed by atoms with E-state index in [1.54, 1.807) is 19.2 Å². The number of amides is 1. The zero-order valence-corrected chi connectivity index (χ0v) is 15.2. The van der Waals surface area contributed by atoms with E-state index < -0.39 is 0 Å². The van der Waals surface area contributed by atoms with Crippen LogP contribution >= 0.6 is 0 Å². The van der Waals surface area contributed by atoms with Gasteiger partial charge in [0.1, 0.15) is 29.3 Å². The second-order valence-corrected chi connectivity index (χ2v) is 5.47. The largest absolute Gasteiger partial charge is 0.496 e. The Labute approximate surface area is 155 Å². The highest BCUT2D eigenvalue weighted by Gasteiger charge is 2.12. The first-order chi connectivity index (χ1) is 13.2. The summed E-state index contributed by atoms with van der Waals surface area (Å²) in [7, 11) is 4.61. The average Bonchev–Trinajstić information content (AvgIpc) is 3.10. The molecule has 0 fully saturated rings. The van der Waals surface area contributed by atoms with E-state index in [9.17, 15) is 4.79 Å². The molecule has 1 heterocycles. The molecule has 0 unspecified atom stereocenters. The van der Waals surface area contributed by atoms with Crippen molar-refractivity contribution < 1.29 is 19.0 Å². The second-order valence-electron chi connectivity index (χ2n) is 5.47. The fraction of sp³-hybridized carbons (Fsp3) is 0.222. The maximum absolute atomic E-state index is 12.2. The maximum atomic E-state index is 12.2. The normalized spacial score (nSPS) is 10.9. The highest BCUT2D eigenvalue weighted by atomic mass is 16.5. The van der Waals surface area contributed by atoms with E-state index in [1.807, 2.05) is 24.3 Å². The van der Waals surface area contributed by atoms with Crippen LogP contribution < -0.4 is 19.6 Å². The van der Waals surface area contributed by atoms with Gasteiger partial charge in [-0.25, -0.2) is 10.1 Å². The third-order valence-electron chi connectivity index (χ3n) is 3.85.